The molecule has 5 heteroatoms. The second-order valence-electron chi connectivity index (χ2n) is 4.29. The van der Waals surface area contributed by atoms with Crippen LogP contribution in [0.3, 0.4) is 0 Å². The van der Waals surface area contributed by atoms with E-state index in [9.17, 15) is 9.90 Å². The summed E-state index contributed by atoms with van der Waals surface area (Å²) in [4.78, 5) is 15.4. The van der Waals surface area contributed by atoms with Crippen molar-refractivity contribution >= 4 is 5.91 Å². The number of carbonyl (C=O) groups excluding carboxylic acids is 1. The smallest absolute Gasteiger partial charge is 0.255 e. The van der Waals surface area contributed by atoms with E-state index in [0.29, 0.717) is 6.54 Å². The lowest BCUT2D eigenvalue weighted by molar-refractivity contribution is 0.0927. The monoisotopic (exact) mass is 221 g/mol. The largest absolute Gasteiger partial charge is 0.505 e. The summed E-state index contributed by atoms with van der Waals surface area (Å²) in [5, 5.41) is 12.2. The van der Waals surface area contributed by atoms with Crippen molar-refractivity contribution in [3.05, 3.63) is 24.0 Å². The number of nitrogens with two attached hydrogens (primary N) is 1. The lowest BCUT2D eigenvalue weighted by Crippen LogP contribution is -2.54. The van der Waals surface area contributed by atoms with Crippen LogP contribution in [-0.2, 0) is 0 Å². The molecular formula is C11H15N3O2. The van der Waals surface area contributed by atoms with Gasteiger partial charge in [-0.25, -0.2) is 0 Å². The standard InChI is InChI=1S/C11H15N3O2/c12-11(3-1-4-11)7-14-10(16)8-2-5-13-6-9(8)15/h2,5-6,15H,1,3-4,7,12H2,(H,14,16). The summed E-state index contributed by atoms with van der Waals surface area (Å²) in [7, 11) is 0. The second-order valence-corrected chi connectivity index (χ2v) is 4.29. The average molecular weight is 221 g/mol. The molecule has 1 fully saturated rings. The van der Waals surface area contributed by atoms with Crippen molar-refractivity contribution in [2.75, 3.05) is 6.54 Å². The summed E-state index contributed by atoms with van der Waals surface area (Å²) in [6.45, 7) is 0.452. The van der Waals surface area contributed by atoms with Gasteiger partial charge < -0.3 is 16.2 Å². The molecule has 0 saturated heterocycles. The highest BCUT2D eigenvalue weighted by Gasteiger charge is 2.32. The molecule has 1 aromatic rings. The van der Waals surface area contributed by atoms with E-state index in [-0.39, 0.29) is 22.8 Å². The highest BCUT2D eigenvalue weighted by Crippen LogP contribution is 2.28. The van der Waals surface area contributed by atoms with E-state index < -0.39 is 0 Å². The Morgan fingerprint density at radius 3 is 2.94 bits per heavy atom. The van der Waals surface area contributed by atoms with Gasteiger partial charge in [-0.1, -0.05) is 0 Å². The second kappa shape index (κ2) is 4.09. The van der Waals surface area contributed by atoms with Gasteiger partial charge in [-0.3, -0.25) is 9.78 Å². The van der Waals surface area contributed by atoms with Gasteiger partial charge in [0, 0.05) is 18.3 Å². The van der Waals surface area contributed by atoms with Crippen molar-refractivity contribution in [2.45, 2.75) is 24.8 Å². The minimum Gasteiger partial charge on any atom is -0.505 e. The van der Waals surface area contributed by atoms with Gasteiger partial charge in [0.1, 0.15) is 5.75 Å². The van der Waals surface area contributed by atoms with Gasteiger partial charge in [0.2, 0.25) is 0 Å². The van der Waals surface area contributed by atoms with E-state index in [1.165, 1.54) is 18.5 Å². The number of aromatic nitrogens is 1. The maximum absolute atomic E-state index is 11.7. The van der Waals surface area contributed by atoms with Crippen LogP contribution < -0.4 is 11.1 Å². The number of carbonyl (C=O) groups is 1. The predicted octanol–water partition coefficient (Wildman–Crippen LogP) is 0.398. The van der Waals surface area contributed by atoms with Crippen molar-refractivity contribution in [3.8, 4) is 5.75 Å². The van der Waals surface area contributed by atoms with Crippen molar-refractivity contribution < 1.29 is 9.90 Å². The SMILES string of the molecule is NC1(CNC(=O)c2ccncc2O)CCC1. The molecule has 1 heterocycles. The number of nitrogens with zero attached hydrogens (tertiary/aromatic N) is 1. The molecule has 1 saturated carbocycles. The normalized spacial score (nSPS) is 17.6. The fraction of sp³-hybridized carbons (Fsp3) is 0.455. The predicted molar refractivity (Wildman–Crippen MR) is 59.0 cm³/mol. The third kappa shape index (κ3) is 2.14. The number of amides is 1. The van der Waals surface area contributed by atoms with Gasteiger partial charge in [-0.15, -0.1) is 0 Å². The van der Waals surface area contributed by atoms with E-state index in [2.05, 4.69) is 10.3 Å². The van der Waals surface area contributed by atoms with Crippen LogP contribution in [0.5, 0.6) is 5.75 Å². The van der Waals surface area contributed by atoms with Gasteiger partial charge in [-0.2, -0.15) is 0 Å². The van der Waals surface area contributed by atoms with Crippen LogP contribution >= 0.6 is 0 Å². The number of aromatic hydroxyl groups is 1. The summed E-state index contributed by atoms with van der Waals surface area (Å²) in [6, 6.07) is 1.48. The summed E-state index contributed by atoms with van der Waals surface area (Å²) >= 11 is 0. The molecule has 16 heavy (non-hydrogen) atoms. The maximum atomic E-state index is 11.7. The molecule has 4 N–H and O–H groups in total. The average Bonchev–Trinajstić information content (AvgIpc) is 2.24. The Balaban J connectivity index is 1.96. The Hall–Kier alpha value is -1.62. The Bertz CT molecular complexity index is 402. The molecule has 2 rings (SSSR count). The molecule has 0 bridgehead atoms. The third-order valence-corrected chi connectivity index (χ3v) is 3.00. The Morgan fingerprint density at radius 1 is 1.62 bits per heavy atom. The van der Waals surface area contributed by atoms with Gasteiger partial charge in [-0.05, 0) is 25.3 Å². The van der Waals surface area contributed by atoms with E-state index in [1.807, 2.05) is 0 Å². The molecule has 0 spiro atoms. The van der Waals surface area contributed by atoms with Crippen LogP contribution in [0.15, 0.2) is 18.5 Å². The van der Waals surface area contributed by atoms with Crippen LogP contribution in [0.4, 0.5) is 0 Å². The zero-order chi connectivity index (χ0) is 11.6. The summed E-state index contributed by atoms with van der Waals surface area (Å²) in [5.74, 6) is -0.420. The summed E-state index contributed by atoms with van der Waals surface area (Å²) in [6.07, 6.45) is 5.71. The van der Waals surface area contributed by atoms with Crippen LogP contribution in [-0.4, -0.2) is 28.1 Å². The van der Waals surface area contributed by atoms with Crippen molar-refractivity contribution in [1.82, 2.24) is 10.3 Å². The molecule has 1 aliphatic rings. The molecule has 1 amide bonds. The first-order valence-corrected chi connectivity index (χ1v) is 5.31. The third-order valence-electron chi connectivity index (χ3n) is 3.00. The highest BCUT2D eigenvalue weighted by molar-refractivity contribution is 5.96. The van der Waals surface area contributed by atoms with Crippen LogP contribution in [0.25, 0.3) is 0 Å². The van der Waals surface area contributed by atoms with Gasteiger partial charge >= 0.3 is 0 Å². The van der Waals surface area contributed by atoms with Gasteiger partial charge in [0.25, 0.3) is 5.91 Å². The number of rotatable bonds is 3. The van der Waals surface area contributed by atoms with Gasteiger partial charge in [0.05, 0.1) is 11.8 Å². The van der Waals surface area contributed by atoms with E-state index >= 15 is 0 Å². The zero-order valence-corrected chi connectivity index (χ0v) is 8.94. The quantitative estimate of drug-likeness (QED) is 0.689. The summed E-state index contributed by atoms with van der Waals surface area (Å²) in [5.41, 5.74) is 5.96. The first-order valence-electron chi connectivity index (χ1n) is 5.31. The Labute approximate surface area is 93.7 Å². The van der Waals surface area contributed by atoms with E-state index in [4.69, 9.17) is 5.73 Å². The van der Waals surface area contributed by atoms with E-state index in [0.717, 1.165) is 19.3 Å². The van der Waals surface area contributed by atoms with Gasteiger partial charge in [0.15, 0.2) is 0 Å². The first-order chi connectivity index (χ1) is 7.61. The van der Waals surface area contributed by atoms with Crippen LogP contribution in [0.1, 0.15) is 29.6 Å². The fourth-order valence-corrected chi connectivity index (χ4v) is 1.74. The Kier molecular flexibility index (Phi) is 2.78. The number of hydrogen-bond acceptors (Lipinski definition) is 4. The van der Waals surface area contributed by atoms with Crippen molar-refractivity contribution in [2.24, 2.45) is 5.73 Å². The number of nitrogens with one attached hydrogen (secondary N) is 1. The van der Waals surface area contributed by atoms with Crippen LogP contribution in [0.2, 0.25) is 0 Å². The summed E-state index contributed by atoms with van der Waals surface area (Å²) < 4.78 is 0. The molecule has 86 valence electrons. The lowest BCUT2D eigenvalue weighted by Gasteiger charge is -2.38. The number of pyridine rings is 1. The molecule has 0 aromatic carbocycles. The molecular weight excluding hydrogens is 206 g/mol. The maximum Gasteiger partial charge on any atom is 0.255 e. The highest BCUT2D eigenvalue weighted by atomic mass is 16.3. The van der Waals surface area contributed by atoms with Crippen LogP contribution in [0, 0.1) is 0 Å². The fourth-order valence-electron chi connectivity index (χ4n) is 1.74. The Morgan fingerprint density at radius 2 is 2.38 bits per heavy atom. The molecule has 5 nitrogen and oxygen atoms in total. The minimum absolute atomic E-state index is 0.111. The molecule has 0 unspecified atom stereocenters. The molecule has 0 aliphatic heterocycles. The number of hydrogen-bond donors (Lipinski definition) is 3. The minimum atomic E-state index is -0.309. The first kappa shape index (κ1) is 10.9. The van der Waals surface area contributed by atoms with Crippen molar-refractivity contribution in [3.63, 3.8) is 0 Å². The molecule has 1 aliphatic carbocycles. The van der Waals surface area contributed by atoms with Crippen molar-refractivity contribution in [1.29, 1.82) is 0 Å². The van der Waals surface area contributed by atoms with E-state index in [1.54, 1.807) is 0 Å². The zero-order valence-electron chi connectivity index (χ0n) is 8.94. The lowest BCUT2D eigenvalue weighted by atomic mass is 9.78. The molecule has 0 atom stereocenters. The topological polar surface area (TPSA) is 88.2 Å². The molecule has 0 radical (unpaired) electrons. The molecule has 1 aromatic heterocycles.